The van der Waals surface area contributed by atoms with Gasteiger partial charge in [0.05, 0.1) is 23.9 Å². The van der Waals surface area contributed by atoms with Crippen molar-refractivity contribution >= 4 is 34.1 Å². The van der Waals surface area contributed by atoms with Gasteiger partial charge in [0.25, 0.3) is 5.91 Å². The van der Waals surface area contributed by atoms with Crippen LogP contribution in [0.2, 0.25) is 0 Å². The van der Waals surface area contributed by atoms with Crippen molar-refractivity contribution in [3.05, 3.63) is 70.9 Å². The Morgan fingerprint density at radius 3 is 2.48 bits per heavy atom. The predicted molar refractivity (Wildman–Crippen MR) is 119 cm³/mol. The van der Waals surface area contributed by atoms with Crippen LogP contribution >= 0.6 is 0 Å². The van der Waals surface area contributed by atoms with Gasteiger partial charge < -0.3 is 15.4 Å². The van der Waals surface area contributed by atoms with Crippen molar-refractivity contribution < 1.29 is 22.7 Å². The molecule has 0 saturated carbocycles. The van der Waals surface area contributed by atoms with Gasteiger partial charge in [-0.25, -0.2) is 13.2 Å². The van der Waals surface area contributed by atoms with Crippen LogP contribution in [0.5, 0.6) is 0 Å². The van der Waals surface area contributed by atoms with Crippen LogP contribution in [0.1, 0.15) is 35.7 Å². The predicted octanol–water partition coefficient (Wildman–Crippen LogP) is 2.75. The van der Waals surface area contributed by atoms with Gasteiger partial charge in [-0.2, -0.15) is 0 Å². The van der Waals surface area contributed by atoms with Crippen LogP contribution in [0.15, 0.2) is 59.8 Å². The number of anilines is 2. The maximum atomic E-state index is 12.8. The molecule has 31 heavy (non-hydrogen) atoms. The molecule has 1 amide bonds. The Morgan fingerprint density at radius 1 is 1.10 bits per heavy atom. The minimum atomic E-state index is -2.78. The zero-order valence-electron chi connectivity index (χ0n) is 17.3. The molecule has 164 valence electrons. The first-order chi connectivity index (χ1) is 14.9. The number of thiol groups is 1. The molecule has 0 fully saturated rings. The number of aryl methyl sites for hydroxylation is 1. The van der Waals surface area contributed by atoms with E-state index in [0.29, 0.717) is 35.4 Å². The second-order valence-electron chi connectivity index (χ2n) is 7.12. The Bertz CT molecular complexity index is 1070. The molecule has 0 bridgehead atoms. The fourth-order valence-electron chi connectivity index (χ4n) is 3.45. The maximum absolute atomic E-state index is 12.8. The first kappa shape index (κ1) is 22.4. The van der Waals surface area contributed by atoms with Gasteiger partial charge in [0.15, 0.2) is 0 Å². The van der Waals surface area contributed by atoms with Crippen molar-refractivity contribution in [2.45, 2.75) is 32.7 Å². The number of rotatable bonds is 8. The number of hydrogen-bond acceptors (Lipinski definition) is 6. The average Bonchev–Trinajstić information content (AvgIpc) is 3.10. The summed E-state index contributed by atoms with van der Waals surface area (Å²) in [7, 11) is -2.78. The Balaban J connectivity index is 1.83. The number of carbonyl (C=O) groups excluding carboxylic acids is 2. The highest BCUT2D eigenvalue weighted by atomic mass is 32.2. The van der Waals surface area contributed by atoms with Crippen LogP contribution in [0.25, 0.3) is 0 Å². The molecule has 0 heterocycles. The maximum Gasteiger partial charge on any atom is 0.335 e. The molecule has 3 rings (SSSR count). The SMILES string of the molecule is CCOC(=O)C1=C(NC(=O)c2ccc(N[SH](=O)=O)cc2)C(Nc2cccc(C)c2)CC1. The summed E-state index contributed by atoms with van der Waals surface area (Å²) in [6.07, 6.45) is 1.12. The third-order valence-corrected chi connectivity index (χ3v) is 5.29. The van der Waals surface area contributed by atoms with Crippen LogP contribution in [0.4, 0.5) is 11.4 Å². The quantitative estimate of drug-likeness (QED) is 0.369. The molecule has 3 N–H and O–H groups in total. The third kappa shape index (κ3) is 5.85. The van der Waals surface area contributed by atoms with Gasteiger partial charge in [0, 0.05) is 16.9 Å². The number of hydrogen-bond donors (Lipinski definition) is 4. The van der Waals surface area contributed by atoms with Gasteiger partial charge in [-0.05, 0) is 68.7 Å². The molecule has 0 aromatic heterocycles. The van der Waals surface area contributed by atoms with Crippen molar-refractivity contribution in [2.75, 3.05) is 16.6 Å². The second-order valence-corrected chi connectivity index (χ2v) is 7.86. The normalized spacial score (nSPS) is 15.6. The smallest absolute Gasteiger partial charge is 0.335 e. The first-order valence-corrected chi connectivity index (χ1v) is 11.1. The van der Waals surface area contributed by atoms with Crippen molar-refractivity contribution in [1.82, 2.24) is 5.32 Å². The molecule has 2 aromatic rings. The number of nitrogens with one attached hydrogen (secondary N) is 3. The van der Waals surface area contributed by atoms with Crippen LogP contribution in [-0.2, 0) is 20.4 Å². The Morgan fingerprint density at radius 2 is 1.84 bits per heavy atom. The van der Waals surface area contributed by atoms with E-state index in [1.165, 1.54) is 24.3 Å². The van der Waals surface area contributed by atoms with Gasteiger partial charge in [-0.15, -0.1) is 0 Å². The Labute approximate surface area is 182 Å². The van der Waals surface area contributed by atoms with Crippen molar-refractivity contribution in [3.8, 4) is 0 Å². The van der Waals surface area contributed by atoms with E-state index >= 15 is 0 Å². The molecule has 1 aliphatic carbocycles. The van der Waals surface area contributed by atoms with E-state index in [2.05, 4.69) is 15.4 Å². The summed E-state index contributed by atoms with van der Waals surface area (Å²) in [6.45, 7) is 3.97. The number of esters is 1. The molecule has 0 saturated heterocycles. The molecule has 0 spiro atoms. The van der Waals surface area contributed by atoms with E-state index in [-0.39, 0.29) is 12.6 Å². The zero-order chi connectivity index (χ0) is 22.4. The van der Waals surface area contributed by atoms with E-state index in [1.54, 1.807) is 6.92 Å². The van der Waals surface area contributed by atoms with Gasteiger partial charge in [-0.3, -0.25) is 9.52 Å². The summed E-state index contributed by atoms with van der Waals surface area (Å²) >= 11 is 0. The monoisotopic (exact) mass is 443 g/mol. The summed E-state index contributed by atoms with van der Waals surface area (Å²) in [5, 5.41) is 6.26. The van der Waals surface area contributed by atoms with Crippen molar-refractivity contribution in [1.29, 1.82) is 0 Å². The van der Waals surface area contributed by atoms with Crippen molar-refractivity contribution in [2.24, 2.45) is 0 Å². The lowest BCUT2D eigenvalue weighted by Gasteiger charge is -2.20. The zero-order valence-corrected chi connectivity index (χ0v) is 18.2. The molecule has 0 radical (unpaired) electrons. The number of ether oxygens (including phenoxy) is 1. The lowest BCUT2D eigenvalue weighted by molar-refractivity contribution is -0.138. The number of carbonyl (C=O) groups is 2. The summed E-state index contributed by atoms with van der Waals surface area (Å²) < 4.78 is 29.0. The van der Waals surface area contributed by atoms with Crippen molar-refractivity contribution in [3.63, 3.8) is 0 Å². The molecular weight excluding hydrogens is 418 g/mol. The van der Waals surface area contributed by atoms with Crippen LogP contribution in [0.3, 0.4) is 0 Å². The standard InChI is InChI=1S/C22H25N3O5S/c1-3-30-22(27)18-11-12-19(23-17-6-4-5-14(2)13-17)20(18)24-21(26)15-7-9-16(10-8-15)25-31(28)29/h4-10,13,19,23,31H,3,11-12H2,1-2H3,(H,24,26)(H,25,28,29). The summed E-state index contributed by atoms with van der Waals surface area (Å²) in [6, 6.07) is 13.6. The minimum Gasteiger partial charge on any atom is -0.463 e. The average molecular weight is 444 g/mol. The van der Waals surface area contributed by atoms with E-state index < -0.39 is 22.8 Å². The molecule has 2 aromatic carbocycles. The fraction of sp³-hybridized carbons (Fsp3) is 0.273. The molecule has 1 unspecified atom stereocenters. The topological polar surface area (TPSA) is 114 Å². The van der Waals surface area contributed by atoms with Crippen LogP contribution in [0, 0.1) is 6.92 Å². The van der Waals surface area contributed by atoms with Crippen LogP contribution in [-0.4, -0.2) is 32.9 Å². The molecule has 1 aliphatic rings. The highest BCUT2D eigenvalue weighted by molar-refractivity contribution is 7.73. The number of amides is 1. The highest BCUT2D eigenvalue weighted by Crippen LogP contribution is 2.29. The highest BCUT2D eigenvalue weighted by Gasteiger charge is 2.31. The second kappa shape index (κ2) is 10.1. The van der Waals surface area contributed by atoms with E-state index in [0.717, 1.165) is 11.3 Å². The molecular formula is C22H25N3O5S. The molecule has 1 atom stereocenters. The largest absolute Gasteiger partial charge is 0.463 e. The van der Waals surface area contributed by atoms with E-state index in [1.807, 2.05) is 31.2 Å². The lowest BCUT2D eigenvalue weighted by atomic mass is 10.1. The Kier molecular flexibility index (Phi) is 7.30. The molecule has 9 heteroatoms. The van der Waals surface area contributed by atoms with E-state index in [9.17, 15) is 18.0 Å². The van der Waals surface area contributed by atoms with Gasteiger partial charge in [-0.1, -0.05) is 12.1 Å². The summed E-state index contributed by atoms with van der Waals surface area (Å²) in [4.78, 5) is 25.3. The van der Waals surface area contributed by atoms with Crippen LogP contribution < -0.4 is 15.4 Å². The Hall–Kier alpha value is -3.33. The number of benzene rings is 2. The van der Waals surface area contributed by atoms with E-state index in [4.69, 9.17) is 4.74 Å². The van der Waals surface area contributed by atoms with Gasteiger partial charge >= 0.3 is 5.97 Å². The molecule has 0 aliphatic heterocycles. The summed E-state index contributed by atoms with van der Waals surface area (Å²) in [5.41, 5.74) is 3.63. The third-order valence-electron chi connectivity index (χ3n) is 4.85. The lowest BCUT2D eigenvalue weighted by Crippen LogP contribution is -2.33. The summed E-state index contributed by atoms with van der Waals surface area (Å²) in [5.74, 6) is -0.835. The minimum absolute atomic E-state index is 0.246. The first-order valence-electron chi connectivity index (χ1n) is 9.93. The molecule has 8 nitrogen and oxygen atoms in total. The van der Waals surface area contributed by atoms with Gasteiger partial charge in [0.1, 0.15) is 0 Å². The fourth-order valence-corrected chi connectivity index (χ4v) is 3.81. The van der Waals surface area contributed by atoms with Gasteiger partial charge in [0.2, 0.25) is 10.9 Å².